The van der Waals surface area contributed by atoms with Crippen LogP contribution in [0.4, 0.5) is 0 Å². The molecule has 3 aliphatic rings. The van der Waals surface area contributed by atoms with Crippen molar-refractivity contribution in [1.29, 1.82) is 0 Å². The van der Waals surface area contributed by atoms with Gasteiger partial charge in [-0.1, -0.05) is 13.5 Å². The summed E-state index contributed by atoms with van der Waals surface area (Å²) in [5, 5.41) is 0. The van der Waals surface area contributed by atoms with E-state index < -0.39 is 0 Å². The summed E-state index contributed by atoms with van der Waals surface area (Å²) >= 11 is 0. The monoisotopic (exact) mass is 443 g/mol. The molecule has 0 fully saturated rings. The van der Waals surface area contributed by atoms with Crippen molar-refractivity contribution >= 4 is 5.78 Å². The molecule has 0 aromatic heterocycles. The summed E-state index contributed by atoms with van der Waals surface area (Å²) in [5.41, 5.74) is 4.17. The van der Waals surface area contributed by atoms with E-state index in [4.69, 9.17) is 18.9 Å². The fourth-order valence-corrected chi connectivity index (χ4v) is 4.90. The van der Waals surface area contributed by atoms with Gasteiger partial charge in [-0.3, -0.25) is 9.69 Å². The minimum atomic E-state index is 0. The van der Waals surface area contributed by atoms with Gasteiger partial charge in [-0.15, -0.1) is 0 Å². The molecular formula is C25H33NO6. The molecule has 0 saturated carbocycles. The van der Waals surface area contributed by atoms with Gasteiger partial charge in [-0.25, -0.2) is 0 Å². The predicted molar refractivity (Wildman–Crippen MR) is 123 cm³/mol. The van der Waals surface area contributed by atoms with Crippen molar-refractivity contribution in [2.45, 2.75) is 32.2 Å². The predicted octanol–water partition coefficient (Wildman–Crippen LogP) is 4.23. The highest BCUT2D eigenvalue weighted by Gasteiger charge is 2.43. The molecule has 2 aliphatic heterocycles. The highest BCUT2D eigenvalue weighted by molar-refractivity contribution is 6.02. The van der Waals surface area contributed by atoms with Gasteiger partial charge in [-0.2, -0.15) is 0 Å². The van der Waals surface area contributed by atoms with Crippen molar-refractivity contribution in [3.05, 3.63) is 46.5 Å². The summed E-state index contributed by atoms with van der Waals surface area (Å²) in [6.07, 6.45) is 1.39. The number of benzene rings is 2. The Morgan fingerprint density at radius 1 is 1.06 bits per heavy atom. The Balaban J connectivity index is 0.000000686. The zero-order valence-electron chi connectivity index (χ0n) is 18.7. The topological polar surface area (TPSA) is 66.5 Å². The van der Waals surface area contributed by atoms with Crippen LogP contribution in [-0.2, 0) is 11.2 Å². The van der Waals surface area contributed by atoms with Crippen molar-refractivity contribution in [3.63, 3.8) is 0 Å². The van der Waals surface area contributed by atoms with E-state index in [1.165, 1.54) is 5.56 Å². The number of carbonyl (C=O) groups is 1. The van der Waals surface area contributed by atoms with Crippen molar-refractivity contribution < 1.29 is 28.5 Å². The smallest absolute Gasteiger partial charge is 0.231 e. The Labute approximate surface area is 190 Å². The normalized spacial score (nSPS) is 20.5. The first kappa shape index (κ1) is 23.9. The Kier molecular flexibility index (Phi) is 7.31. The molecular weight excluding hydrogens is 410 g/mol. The van der Waals surface area contributed by atoms with Crippen LogP contribution in [0.2, 0.25) is 0 Å². The number of methoxy groups -OCH3 is 3. The first-order valence-electron chi connectivity index (χ1n) is 10.3. The molecule has 0 spiro atoms. The molecule has 0 radical (unpaired) electrons. The lowest BCUT2D eigenvalue weighted by Gasteiger charge is -2.39. The summed E-state index contributed by atoms with van der Waals surface area (Å²) in [5.74, 6) is 3.08. The number of carbonyl (C=O) groups excluding carboxylic acids is 1. The van der Waals surface area contributed by atoms with Gasteiger partial charge in [0.25, 0.3) is 0 Å². The van der Waals surface area contributed by atoms with E-state index in [0.717, 1.165) is 41.2 Å². The van der Waals surface area contributed by atoms with Gasteiger partial charge in [0.2, 0.25) is 12.5 Å². The lowest BCUT2D eigenvalue weighted by Crippen LogP contribution is -2.35. The Bertz CT molecular complexity index is 989. The summed E-state index contributed by atoms with van der Waals surface area (Å²) in [6, 6.07) is 7.94. The van der Waals surface area contributed by atoms with E-state index in [9.17, 15) is 4.79 Å². The molecule has 2 aromatic rings. The fourth-order valence-electron chi connectivity index (χ4n) is 4.90. The van der Waals surface area contributed by atoms with Crippen LogP contribution in [0.5, 0.6) is 23.0 Å². The highest BCUT2D eigenvalue weighted by Crippen LogP contribution is 2.54. The molecule has 5 rings (SSSR count). The van der Waals surface area contributed by atoms with Crippen molar-refractivity contribution in [2.24, 2.45) is 0 Å². The largest absolute Gasteiger partial charge is 0.497 e. The first-order valence-corrected chi connectivity index (χ1v) is 10.3. The van der Waals surface area contributed by atoms with Crippen LogP contribution in [0.1, 0.15) is 52.9 Å². The summed E-state index contributed by atoms with van der Waals surface area (Å²) in [7, 11) is 8.66. The maximum Gasteiger partial charge on any atom is 0.231 e. The lowest BCUT2D eigenvalue weighted by atomic mass is 9.81. The molecule has 0 amide bonds. The van der Waals surface area contributed by atoms with E-state index in [2.05, 4.69) is 22.8 Å². The SMILES string of the molecule is C.COC.COc1ccc2c(c1)C(=O)CC2C1c2c(cc3c(c2OC)OCO3)CCN1C. The Morgan fingerprint density at radius 3 is 2.50 bits per heavy atom. The zero-order chi connectivity index (χ0) is 22.1. The van der Waals surface area contributed by atoms with Crippen LogP contribution in [0.15, 0.2) is 24.3 Å². The van der Waals surface area contributed by atoms with Gasteiger partial charge in [-0.05, 0) is 42.8 Å². The van der Waals surface area contributed by atoms with Crippen molar-refractivity contribution in [1.82, 2.24) is 4.90 Å². The quantitative estimate of drug-likeness (QED) is 0.703. The lowest BCUT2D eigenvalue weighted by molar-refractivity contribution is 0.0970. The molecule has 2 aromatic carbocycles. The molecule has 7 nitrogen and oxygen atoms in total. The number of rotatable bonds is 3. The molecule has 2 unspecified atom stereocenters. The van der Waals surface area contributed by atoms with Crippen LogP contribution < -0.4 is 18.9 Å². The third kappa shape index (κ3) is 3.91. The maximum absolute atomic E-state index is 12.8. The second-order valence-electron chi connectivity index (χ2n) is 7.99. The molecule has 1 aliphatic carbocycles. The number of hydrogen-bond donors (Lipinski definition) is 0. The number of fused-ring (bicyclic) bond motifs is 3. The minimum absolute atomic E-state index is 0. The molecule has 174 valence electrons. The van der Waals surface area contributed by atoms with Gasteiger partial charge in [0.05, 0.1) is 14.2 Å². The zero-order valence-corrected chi connectivity index (χ0v) is 18.7. The number of ether oxygens (including phenoxy) is 5. The minimum Gasteiger partial charge on any atom is -0.497 e. The molecule has 32 heavy (non-hydrogen) atoms. The third-order valence-corrected chi connectivity index (χ3v) is 6.20. The Hall–Kier alpha value is -2.77. The van der Waals surface area contributed by atoms with Crippen LogP contribution in [0.25, 0.3) is 0 Å². The van der Waals surface area contributed by atoms with E-state index in [1.54, 1.807) is 28.4 Å². The van der Waals surface area contributed by atoms with Gasteiger partial charge in [0.1, 0.15) is 5.75 Å². The maximum atomic E-state index is 12.8. The number of Topliss-reactive ketones (excluding diaryl/α,β-unsaturated/α-hetero) is 1. The third-order valence-electron chi connectivity index (χ3n) is 6.20. The van der Waals surface area contributed by atoms with Gasteiger partial charge < -0.3 is 23.7 Å². The van der Waals surface area contributed by atoms with Crippen molar-refractivity contribution in [3.8, 4) is 23.0 Å². The van der Waals surface area contributed by atoms with Crippen LogP contribution >= 0.6 is 0 Å². The average molecular weight is 444 g/mol. The van der Waals surface area contributed by atoms with E-state index in [1.807, 2.05) is 18.2 Å². The first-order chi connectivity index (χ1) is 15.0. The van der Waals surface area contributed by atoms with E-state index >= 15 is 0 Å². The summed E-state index contributed by atoms with van der Waals surface area (Å²) in [4.78, 5) is 15.1. The van der Waals surface area contributed by atoms with Gasteiger partial charge in [0.15, 0.2) is 17.3 Å². The number of nitrogens with zero attached hydrogens (tertiary/aromatic N) is 1. The molecule has 2 heterocycles. The van der Waals surface area contributed by atoms with Crippen LogP contribution in [0, 0.1) is 0 Å². The molecule has 0 saturated heterocycles. The van der Waals surface area contributed by atoms with Gasteiger partial charge >= 0.3 is 0 Å². The van der Waals surface area contributed by atoms with E-state index in [0.29, 0.717) is 17.9 Å². The number of hydrogen-bond acceptors (Lipinski definition) is 7. The van der Waals surface area contributed by atoms with Crippen molar-refractivity contribution in [2.75, 3.05) is 48.8 Å². The molecule has 0 N–H and O–H groups in total. The standard InChI is InChI=1S/C22H23NO5.C2H6O.CH4/c1-23-7-6-12-8-18-21(28-11-27-18)22(26-3)19(12)20(23)16-10-17(24)15-9-13(25-2)4-5-14(15)16;1-3-2;/h4-5,8-9,16,20H,6-7,10-11H2,1-3H3;1-2H3;1H4. The molecule has 0 bridgehead atoms. The highest BCUT2D eigenvalue weighted by atomic mass is 16.7. The van der Waals surface area contributed by atoms with Gasteiger partial charge in [0, 0.05) is 50.3 Å². The summed E-state index contributed by atoms with van der Waals surface area (Å²) in [6.45, 7) is 1.12. The second kappa shape index (κ2) is 9.79. The van der Waals surface area contributed by atoms with Crippen LogP contribution in [-0.4, -0.2) is 59.5 Å². The average Bonchev–Trinajstić information content (AvgIpc) is 3.37. The van der Waals surface area contributed by atoms with Crippen LogP contribution in [0.3, 0.4) is 0 Å². The Morgan fingerprint density at radius 2 is 1.81 bits per heavy atom. The summed E-state index contributed by atoms with van der Waals surface area (Å²) < 4.78 is 26.7. The molecule has 7 heteroatoms. The second-order valence-corrected chi connectivity index (χ2v) is 7.99. The number of ketones is 1. The molecule has 2 atom stereocenters. The fraction of sp³-hybridized carbons (Fsp3) is 0.480. The number of likely N-dealkylation sites (N-methyl/N-ethyl adjacent to an activating group) is 1. The van der Waals surface area contributed by atoms with E-state index in [-0.39, 0.29) is 32.0 Å².